The van der Waals surface area contributed by atoms with Crippen molar-refractivity contribution in [2.45, 2.75) is 96.8 Å². The number of benzene rings is 1. The number of likely N-dealkylation sites (N-methyl/N-ethyl adjacent to an activating group) is 1. The van der Waals surface area contributed by atoms with Crippen molar-refractivity contribution >= 4 is 11.4 Å². The maximum atomic E-state index is 11.1. The van der Waals surface area contributed by atoms with Crippen molar-refractivity contribution < 1.29 is 9.41 Å². The highest BCUT2D eigenvalue weighted by Crippen LogP contribution is 2.23. The molecule has 31 heavy (non-hydrogen) atoms. The third kappa shape index (κ3) is 14.1. The molecule has 0 amide bonds. The van der Waals surface area contributed by atoms with Crippen LogP contribution in [0.15, 0.2) is 24.3 Å². The first-order chi connectivity index (χ1) is 15.0. The fourth-order valence-corrected chi connectivity index (χ4v) is 4.12. The summed E-state index contributed by atoms with van der Waals surface area (Å²) in [6, 6.07) is 6.88. The van der Waals surface area contributed by atoms with E-state index in [4.69, 9.17) is 0 Å². The molecule has 178 valence electrons. The average Bonchev–Trinajstić information content (AvgIpc) is 2.74. The molecule has 0 aliphatic heterocycles. The maximum absolute atomic E-state index is 11.1. The molecule has 5 heteroatoms. The Morgan fingerprint density at radius 1 is 0.774 bits per heavy atom. The number of unbranched alkanes of at least 4 members (excludes halogenated alkanes) is 13. The van der Waals surface area contributed by atoms with Crippen molar-refractivity contribution in [1.82, 2.24) is 0 Å². The SMILES string of the molecule is CCCCCCCCCCCCCCCC[N+](C)(C)CCNc1ccccc1[N+](=O)[O-]. The Balaban J connectivity index is 1.99. The van der Waals surface area contributed by atoms with Gasteiger partial charge in [0.15, 0.2) is 0 Å². The Labute approximate surface area is 191 Å². The number of hydrogen-bond donors (Lipinski definition) is 1. The van der Waals surface area contributed by atoms with Gasteiger partial charge in [-0.1, -0.05) is 96.1 Å². The van der Waals surface area contributed by atoms with E-state index in [1.54, 1.807) is 18.2 Å². The topological polar surface area (TPSA) is 55.2 Å². The van der Waals surface area contributed by atoms with Crippen molar-refractivity contribution in [2.75, 3.05) is 39.0 Å². The highest BCUT2D eigenvalue weighted by atomic mass is 16.6. The monoisotopic (exact) mass is 434 g/mol. The molecule has 0 fully saturated rings. The van der Waals surface area contributed by atoms with Crippen LogP contribution in [-0.2, 0) is 0 Å². The van der Waals surface area contributed by atoms with E-state index < -0.39 is 0 Å². The molecule has 0 aliphatic carbocycles. The number of para-hydroxylation sites is 2. The highest BCUT2D eigenvalue weighted by molar-refractivity contribution is 5.60. The molecule has 0 spiro atoms. The molecule has 0 aromatic heterocycles. The molecular weight excluding hydrogens is 386 g/mol. The Kier molecular flexibility index (Phi) is 15.0. The molecule has 0 atom stereocenters. The third-order valence-electron chi connectivity index (χ3n) is 6.25. The van der Waals surface area contributed by atoms with Crippen molar-refractivity contribution in [2.24, 2.45) is 0 Å². The van der Waals surface area contributed by atoms with E-state index in [1.165, 1.54) is 89.9 Å². The molecule has 0 saturated carbocycles. The van der Waals surface area contributed by atoms with Gasteiger partial charge in [0, 0.05) is 6.07 Å². The van der Waals surface area contributed by atoms with Crippen LogP contribution in [0, 0.1) is 10.1 Å². The first-order valence-corrected chi connectivity index (χ1v) is 12.8. The van der Waals surface area contributed by atoms with Gasteiger partial charge in [0.05, 0.1) is 38.7 Å². The zero-order valence-electron chi connectivity index (χ0n) is 20.5. The van der Waals surface area contributed by atoms with E-state index >= 15 is 0 Å². The average molecular weight is 435 g/mol. The van der Waals surface area contributed by atoms with Crippen LogP contribution in [0.1, 0.15) is 96.8 Å². The smallest absolute Gasteiger partial charge is 0.292 e. The van der Waals surface area contributed by atoms with Gasteiger partial charge in [-0.2, -0.15) is 0 Å². The second-order valence-electron chi connectivity index (χ2n) is 9.68. The number of rotatable bonds is 20. The summed E-state index contributed by atoms with van der Waals surface area (Å²) in [5.41, 5.74) is 0.767. The molecule has 5 nitrogen and oxygen atoms in total. The van der Waals surface area contributed by atoms with Crippen LogP contribution in [-0.4, -0.2) is 43.1 Å². The largest absolute Gasteiger partial charge is 0.374 e. The zero-order chi connectivity index (χ0) is 22.8. The normalized spacial score (nSPS) is 11.6. The van der Waals surface area contributed by atoms with Crippen molar-refractivity contribution in [1.29, 1.82) is 0 Å². The van der Waals surface area contributed by atoms with E-state index in [0.717, 1.165) is 24.1 Å². The van der Waals surface area contributed by atoms with Gasteiger partial charge in [0.1, 0.15) is 5.69 Å². The predicted molar refractivity (Wildman–Crippen MR) is 134 cm³/mol. The molecule has 0 aliphatic rings. The molecule has 1 rings (SSSR count). The summed E-state index contributed by atoms with van der Waals surface area (Å²) in [5, 5.41) is 14.3. The number of hydrogen-bond acceptors (Lipinski definition) is 3. The Hall–Kier alpha value is -1.62. The molecule has 0 radical (unpaired) electrons. The first kappa shape index (κ1) is 27.4. The van der Waals surface area contributed by atoms with Crippen LogP contribution in [0.2, 0.25) is 0 Å². The van der Waals surface area contributed by atoms with Gasteiger partial charge in [-0.25, -0.2) is 0 Å². The lowest BCUT2D eigenvalue weighted by atomic mass is 10.0. The number of anilines is 1. The summed E-state index contributed by atoms with van der Waals surface area (Å²) in [6.45, 7) is 5.15. The molecular formula is C26H48N3O2+. The third-order valence-corrected chi connectivity index (χ3v) is 6.25. The molecule has 1 N–H and O–H groups in total. The highest BCUT2D eigenvalue weighted by Gasteiger charge is 2.16. The van der Waals surface area contributed by atoms with Crippen LogP contribution in [0.3, 0.4) is 0 Å². The lowest BCUT2D eigenvalue weighted by Gasteiger charge is -2.30. The lowest BCUT2D eigenvalue weighted by Crippen LogP contribution is -2.43. The van der Waals surface area contributed by atoms with E-state index in [0.29, 0.717) is 5.69 Å². The van der Waals surface area contributed by atoms with E-state index in [9.17, 15) is 10.1 Å². The summed E-state index contributed by atoms with van der Waals surface area (Å²) in [6.07, 6.45) is 19.4. The minimum Gasteiger partial charge on any atom is -0.374 e. The van der Waals surface area contributed by atoms with Gasteiger partial charge < -0.3 is 9.80 Å². The van der Waals surface area contributed by atoms with Crippen LogP contribution in [0.25, 0.3) is 0 Å². The molecule has 0 saturated heterocycles. The number of quaternary nitrogens is 1. The standard InChI is InChI=1S/C26H48N3O2/c1-4-5-6-7-8-9-10-11-12-13-14-15-16-19-23-29(2,3)24-22-27-25-20-17-18-21-26(25)28(30)31/h17-18,20-21,27H,4-16,19,22-24H2,1-3H3/q+1. The number of nitrogens with zero attached hydrogens (tertiary/aromatic N) is 2. The first-order valence-electron chi connectivity index (χ1n) is 12.8. The minimum atomic E-state index is -0.322. The van der Waals surface area contributed by atoms with E-state index in [1.807, 2.05) is 6.07 Å². The second-order valence-corrected chi connectivity index (χ2v) is 9.68. The molecule has 0 heterocycles. The van der Waals surface area contributed by atoms with Crippen molar-refractivity contribution in [3.8, 4) is 0 Å². The lowest BCUT2D eigenvalue weighted by molar-refractivity contribution is -0.888. The van der Waals surface area contributed by atoms with Crippen LogP contribution >= 0.6 is 0 Å². The quantitative estimate of drug-likeness (QED) is 0.0996. The number of nitrogens with one attached hydrogen (secondary N) is 1. The van der Waals surface area contributed by atoms with Crippen LogP contribution < -0.4 is 5.32 Å². The van der Waals surface area contributed by atoms with E-state index in [2.05, 4.69) is 26.3 Å². The molecule has 0 unspecified atom stereocenters. The fraction of sp³-hybridized carbons (Fsp3) is 0.769. The van der Waals surface area contributed by atoms with Gasteiger partial charge >= 0.3 is 0 Å². The number of nitro groups is 1. The summed E-state index contributed by atoms with van der Waals surface area (Å²) >= 11 is 0. The van der Waals surface area contributed by atoms with Gasteiger partial charge in [0.25, 0.3) is 5.69 Å². The van der Waals surface area contributed by atoms with Gasteiger partial charge in [-0.3, -0.25) is 10.1 Å². The van der Waals surface area contributed by atoms with Crippen molar-refractivity contribution in [3.63, 3.8) is 0 Å². The van der Waals surface area contributed by atoms with Gasteiger partial charge in [-0.05, 0) is 18.9 Å². The summed E-state index contributed by atoms with van der Waals surface area (Å²) in [5.74, 6) is 0. The van der Waals surface area contributed by atoms with Gasteiger partial charge in [0.2, 0.25) is 0 Å². The molecule has 0 bridgehead atoms. The van der Waals surface area contributed by atoms with Gasteiger partial charge in [-0.15, -0.1) is 0 Å². The zero-order valence-corrected chi connectivity index (χ0v) is 20.5. The Bertz CT molecular complexity index is 590. The summed E-state index contributed by atoms with van der Waals surface area (Å²) in [4.78, 5) is 10.8. The predicted octanol–water partition coefficient (Wildman–Crippen LogP) is 7.56. The Morgan fingerprint density at radius 2 is 1.26 bits per heavy atom. The van der Waals surface area contributed by atoms with Crippen LogP contribution in [0.4, 0.5) is 11.4 Å². The Morgan fingerprint density at radius 3 is 1.77 bits per heavy atom. The molecule has 1 aromatic rings. The van der Waals surface area contributed by atoms with Crippen molar-refractivity contribution in [3.05, 3.63) is 34.4 Å². The number of nitro benzene ring substituents is 1. The summed E-state index contributed by atoms with van der Waals surface area (Å²) in [7, 11) is 4.51. The second kappa shape index (κ2) is 17.0. The maximum Gasteiger partial charge on any atom is 0.292 e. The van der Waals surface area contributed by atoms with Crippen LogP contribution in [0.5, 0.6) is 0 Å². The summed E-state index contributed by atoms with van der Waals surface area (Å²) < 4.78 is 0.950. The molecule has 1 aromatic carbocycles. The fourth-order valence-electron chi connectivity index (χ4n) is 4.12. The minimum absolute atomic E-state index is 0.153. The van der Waals surface area contributed by atoms with E-state index in [-0.39, 0.29) is 10.6 Å².